The molecule has 0 bridgehead atoms. The van der Waals surface area contributed by atoms with Crippen LogP contribution >= 0.6 is 22.9 Å². The van der Waals surface area contributed by atoms with E-state index in [1.165, 1.54) is 11.3 Å². The maximum absolute atomic E-state index is 12.9. The molecule has 0 aliphatic heterocycles. The average Bonchev–Trinajstić information content (AvgIpc) is 3.05. The van der Waals surface area contributed by atoms with Gasteiger partial charge in [-0.2, -0.15) is 0 Å². The van der Waals surface area contributed by atoms with Gasteiger partial charge in [0.2, 0.25) is 0 Å². The normalized spacial score (nSPS) is 11.9. The Labute approximate surface area is 166 Å². The monoisotopic (exact) mass is 405 g/mol. The van der Waals surface area contributed by atoms with E-state index in [9.17, 15) is 4.79 Å². The van der Waals surface area contributed by atoms with E-state index in [1.807, 2.05) is 31.2 Å². The van der Waals surface area contributed by atoms with Gasteiger partial charge in [-0.05, 0) is 42.8 Å². The molecule has 2 aromatic carbocycles. The maximum Gasteiger partial charge on any atom is 0.265 e. The number of hydrogen-bond acceptors (Lipinski definition) is 5. The molecule has 27 heavy (non-hydrogen) atoms. The molecule has 0 radical (unpaired) electrons. The van der Waals surface area contributed by atoms with Crippen LogP contribution in [0.1, 0.15) is 28.2 Å². The summed E-state index contributed by atoms with van der Waals surface area (Å²) in [5, 5.41) is 4.45. The van der Waals surface area contributed by atoms with Gasteiger partial charge in [0.15, 0.2) is 11.5 Å². The zero-order valence-electron chi connectivity index (χ0n) is 15.5. The molecule has 0 aliphatic carbocycles. The fourth-order valence-electron chi connectivity index (χ4n) is 2.87. The molecule has 1 N–H and O–H groups in total. The zero-order chi connectivity index (χ0) is 19.6. The van der Waals surface area contributed by atoms with Crippen molar-refractivity contribution in [3.63, 3.8) is 0 Å². The largest absolute Gasteiger partial charge is 0.494 e. The molecule has 0 saturated carbocycles. The molecule has 7 heteroatoms. The summed E-state index contributed by atoms with van der Waals surface area (Å²) in [5.74, 6) is 1.59. The molecule has 1 heterocycles. The van der Waals surface area contributed by atoms with Crippen molar-refractivity contribution < 1.29 is 19.0 Å². The van der Waals surface area contributed by atoms with Crippen molar-refractivity contribution in [2.75, 3.05) is 21.3 Å². The number of hydrogen-bond donors (Lipinski definition) is 1. The highest BCUT2D eigenvalue weighted by molar-refractivity contribution is 7.21. The van der Waals surface area contributed by atoms with E-state index in [2.05, 4.69) is 5.32 Å². The Balaban J connectivity index is 1.88. The van der Waals surface area contributed by atoms with Gasteiger partial charge < -0.3 is 19.5 Å². The van der Waals surface area contributed by atoms with Crippen LogP contribution in [0.25, 0.3) is 10.1 Å². The number of halogens is 1. The number of nitrogens with one attached hydrogen (secondary N) is 1. The van der Waals surface area contributed by atoms with Gasteiger partial charge in [-0.3, -0.25) is 4.79 Å². The van der Waals surface area contributed by atoms with Crippen LogP contribution in [0.2, 0.25) is 5.02 Å². The highest BCUT2D eigenvalue weighted by atomic mass is 35.5. The molecular formula is C20H20ClNO4S. The SMILES string of the molecule is COc1ccc([C@@H](C)NC(=O)c2sc3ccc(Cl)cc3c2OC)cc1OC. The summed E-state index contributed by atoms with van der Waals surface area (Å²) < 4.78 is 17.0. The van der Waals surface area contributed by atoms with Crippen molar-refractivity contribution >= 4 is 38.9 Å². The Morgan fingerprint density at radius 2 is 1.78 bits per heavy atom. The second-order valence-electron chi connectivity index (χ2n) is 5.91. The topological polar surface area (TPSA) is 56.8 Å². The summed E-state index contributed by atoms with van der Waals surface area (Å²) in [4.78, 5) is 13.4. The first kappa shape index (κ1) is 19.3. The molecule has 142 valence electrons. The fourth-order valence-corrected chi connectivity index (χ4v) is 4.09. The van der Waals surface area contributed by atoms with E-state index >= 15 is 0 Å². The van der Waals surface area contributed by atoms with Gasteiger partial charge in [-0.25, -0.2) is 0 Å². The Bertz CT molecular complexity index is 986. The summed E-state index contributed by atoms with van der Waals surface area (Å²) in [6.07, 6.45) is 0. The van der Waals surface area contributed by atoms with Crippen LogP contribution in [0.15, 0.2) is 36.4 Å². The van der Waals surface area contributed by atoms with E-state index in [-0.39, 0.29) is 11.9 Å². The van der Waals surface area contributed by atoms with Crippen molar-refractivity contribution in [2.24, 2.45) is 0 Å². The lowest BCUT2D eigenvalue weighted by Crippen LogP contribution is -2.26. The number of amides is 1. The number of carbonyl (C=O) groups excluding carboxylic acids is 1. The Morgan fingerprint density at radius 1 is 1.04 bits per heavy atom. The lowest BCUT2D eigenvalue weighted by molar-refractivity contribution is 0.0941. The predicted molar refractivity (Wildman–Crippen MR) is 109 cm³/mol. The van der Waals surface area contributed by atoms with Crippen molar-refractivity contribution in [3.05, 3.63) is 51.9 Å². The number of methoxy groups -OCH3 is 3. The first-order chi connectivity index (χ1) is 13.0. The maximum atomic E-state index is 12.9. The zero-order valence-corrected chi connectivity index (χ0v) is 17.0. The van der Waals surface area contributed by atoms with Crippen molar-refractivity contribution in [1.82, 2.24) is 5.32 Å². The van der Waals surface area contributed by atoms with Gasteiger partial charge in [0.25, 0.3) is 5.91 Å². The Hall–Kier alpha value is -2.44. The minimum atomic E-state index is -0.226. The molecule has 1 amide bonds. The first-order valence-corrected chi connectivity index (χ1v) is 9.46. The lowest BCUT2D eigenvalue weighted by Gasteiger charge is -2.16. The second-order valence-corrected chi connectivity index (χ2v) is 7.40. The van der Waals surface area contributed by atoms with Crippen LogP contribution in [-0.2, 0) is 0 Å². The van der Waals surface area contributed by atoms with E-state index in [0.717, 1.165) is 15.6 Å². The third kappa shape index (κ3) is 3.82. The minimum Gasteiger partial charge on any atom is -0.494 e. The van der Waals surface area contributed by atoms with Gasteiger partial charge >= 0.3 is 0 Å². The number of thiophene rings is 1. The van der Waals surface area contributed by atoms with Gasteiger partial charge in [0.05, 0.1) is 27.4 Å². The van der Waals surface area contributed by atoms with Crippen molar-refractivity contribution in [2.45, 2.75) is 13.0 Å². The van der Waals surface area contributed by atoms with Gasteiger partial charge in [-0.15, -0.1) is 11.3 Å². The molecule has 1 atom stereocenters. The van der Waals surface area contributed by atoms with Crippen LogP contribution in [-0.4, -0.2) is 27.2 Å². The van der Waals surface area contributed by atoms with E-state index < -0.39 is 0 Å². The molecule has 0 spiro atoms. The van der Waals surface area contributed by atoms with E-state index in [1.54, 1.807) is 33.5 Å². The Kier molecular flexibility index (Phi) is 5.77. The number of ether oxygens (including phenoxy) is 3. The second kappa shape index (κ2) is 8.06. The van der Waals surface area contributed by atoms with Gasteiger partial charge in [0.1, 0.15) is 10.6 Å². The lowest BCUT2D eigenvalue weighted by atomic mass is 10.1. The van der Waals surface area contributed by atoms with E-state index in [0.29, 0.717) is 27.1 Å². The van der Waals surface area contributed by atoms with Crippen molar-refractivity contribution in [1.29, 1.82) is 0 Å². The molecule has 0 unspecified atom stereocenters. The van der Waals surface area contributed by atoms with Crippen LogP contribution in [0, 0.1) is 0 Å². The highest BCUT2D eigenvalue weighted by Crippen LogP contribution is 2.39. The summed E-state index contributed by atoms with van der Waals surface area (Å²) in [6.45, 7) is 1.91. The highest BCUT2D eigenvalue weighted by Gasteiger charge is 2.21. The molecule has 3 aromatic rings. The van der Waals surface area contributed by atoms with Crippen LogP contribution in [0.4, 0.5) is 0 Å². The molecule has 3 rings (SSSR count). The van der Waals surface area contributed by atoms with Crippen LogP contribution in [0.5, 0.6) is 17.2 Å². The third-order valence-electron chi connectivity index (χ3n) is 4.27. The quantitative estimate of drug-likeness (QED) is 0.621. The minimum absolute atomic E-state index is 0.202. The summed E-state index contributed by atoms with van der Waals surface area (Å²) in [7, 11) is 4.72. The van der Waals surface area contributed by atoms with Crippen LogP contribution in [0.3, 0.4) is 0 Å². The molecule has 0 aliphatic rings. The number of rotatable bonds is 6. The summed E-state index contributed by atoms with van der Waals surface area (Å²) in [5.41, 5.74) is 0.907. The molecule has 0 fully saturated rings. The van der Waals surface area contributed by atoms with Gasteiger partial charge in [0, 0.05) is 15.1 Å². The Morgan fingerprint density at radius 3 is 2.44 bits per heavy atom. The molecule has 5 nitrogen and oxygen atoms in total. The molecular weight excluding hydrogens is 386 g/mol. The number of benzene rings is 2. The number of fused-ring (bicyclic) bond motifs is 1. The number of carbonyl (C=O) groups is 1. The van der Waals surface area contributed by atoms with Gasteiger partial charge in [-0.1, -0.05) is 17.7 Å². The molecule has 0 saturated heterocycles. The van der Waals surface area contributed by atoms with E-state index in [4.69, 9.17) is 25.8 Å². The predicted octanol–water partition coefficient (Wildman–Crippen LogP) is 5.07. The standard InChI is InChI=1S/C20H20ClNO4S/c1-11(12-5-7-15(24-2)16(9-12)25-3)22-20(23)19-18(26-4)14-10-13(21)6-8-17(14)27-19/h5-11H,1-4H3,(H,22,23)/t11-/m1/s1. The summed E-state index contributed by atoms with van der Waals surface area (Å²) in [6, 6.07) is 10.8. The smallest absolute Gasteiger partial charge is 0.265 e. The average molecular weight is 406 g/mol. The summed E-state index contributed by atoms with van der Waals surface area (Å²) >= 11 is 7.46. The fraction of sp³-hybridized carbons (Fsp3) is 0.250. The third-order valence-corrected chi connectivity index (χ3v) is 5.66. The van der Waals surface area contributed by atoms with Crippen molar-refractivity contribution in [3.8, 4) is 17.2 Å². The molecule has 1 aromatic heterocycles. The van der Waals surface area contributed by atoms with Crippen LogP contribution < -0.4 is 19.5 Å². The first-order valence-electron chi connectivity index (χ1n) is 8.27.